The molecule has 0 aliphatic heterocycles. The van der Waals surface area contributed by atoms with Crippen LogP contribution in [-0.4, -0.2) is 31.0 Å². The van der Waals surface area contributed by atoms with E-state index in [0.29, 0.717) is 6.61 Å². The summed E-state index contributed by atoms with van der Waals surface area (Å²) in [5, 5.41) is 1.09. The minimum atomic E-state index is 0. The Morgan fingerprint density at radius 3 is 2.21 bits per heavy atom. The molecule has 0 spiro atoms. The molecule has 0 saturated carbocycles. The van der Waals surface area contributed by atoms with E-state index < -0.39 is 0 Å². The Morgan fingerprint density at radius 2 is 1.62 bits per heavy atom. The first kappa shape index (κ1) is 21.0. The molecule has 2 rings (SSSR count). The van der Waals surface area contributed by atoms with Crippen LogP contribution in [0.3, 0.4) is 0 Å². The second-order valence-electron chi connectivity index (χ2n) is 6.00. The second-order valence-corrected chi connectivity index (χ2v) is 7.24. The van der Waals surface area contributed by atoms with Gasteiger partial charge < -0.3 is 4.74 Å². The molecule has 0 aliphatic rings. The van der Waals surface area contributed by atoms with Gasteiger partial charge in [0.1, 0.15) is 5.75 Å². The molecule has 0 aromatic heterocycles. The van der Waals surface area contributed by atoms with Crippen molar-refractivity contribution in [3.63, 3.8) is 0 Å². The molecule has 0 bridgehead atoms. The van der Waals surface area contributed by atoms with Crippen molar-refractivity contribution in [1.29, 1.82) is 0 Å². The summed E-state index contributed by atoms with van der Waals surface area (Å²) >= 11 is 0. The van der Waals surface area contributed by atoms with Crippen LogP contribution >= 0.6 is 8.58 Å². The van der Waals surface area contributed by atoms with E-state index in [1.54, 1.807) is 0 Å². The molecule has 0 heterocycles. The molecule has 1 unspecified atom stereocenters. The zero-order chi connectivity index (χ0) is 17.1. The first-order valence-corrected chi connectivity index (χ1v) is 8.97. The van der Waals surface area contributed by atoms with E-state index in [2.05, 4.69) is 26.8 Å². The van der Waals surface area contributed by atoms with E-state index in [0.717, 1.165) is 33.3 Å². The van der Waals surface area contributed by atoms with Crippen LogP contribution < -0.4 is 10.0 Å². The predicted octanol–water partition coefficient (Wildman–Crippen LogP) is 4.12. The van der Waals surface area contributed by atoms with Crippen molar-refractivity contribution >= 4 is 38.3 Å². The SMILES string of the molecule is CCOc1ccc(PC(=O)c2c(C)cc(C)c(C)c2C)c(C)c1.[LiH]. The molecule has 1 atom stereocenters. The van der Waals surface area contributed by atoms with Crippen LogP contribution in [0.5, 0.6) is 5.75 Å². The maximum atomic E-state index is 12.9. The fraction of sp³-hybridized carbons (Fsp3) is 0.350. The first-order valence-electron chi connectivity index (χ1n) is 7.97. The first-order chi connectivity index (χ1) is 10.8. The third-order valence-corrected chi connectivity index (χ3v) is 5.65. The Balaban J connectivity index is 0.00000288. The van der Waals surface area contributed by atoms with Gasteiger partial charge in [-0.2, -0.15) is 0 Å². The van der Waals surface area contributed by atoms with Crippen molar-refractivity contribution in [2.24, 2.45) is 0 Å². The van der Waals surface area contributed by atoms with Gasteiger partial charge in [0.05, 0.1) is 6.61 Å². The van der Waals surface area contributed by atoms with Gasteiger partial charge in [-0.1, -0.05) is 12.1 Å². The minimum absolute atomic E-state index is 0. The van der Waals surface area contributed by atoms with Gasteiger partial charge in [-0.05, 0) is 95.4 Å². The van der Waals surface area contributed by atoms with Gasteiger partial charge in [-0.3, -0.25) is 4.79 Å². The van der Waals surface area contributed by atoms with Crippen LogP contribution in [0.15, 0.2) is 24.3 Å². The molecule has 0 radical (unpaired) electrons. The van der Waals surface area contributed by atoms with Crippen molar-refractivity contribution in [3.05, 3.63) is 57.6 Å². The van der Waals surface area contributed by atoms with Gasteiger partial charge >= 0.3 is 18.9 Å². The average Bonchev–Trinajstić information content (AvgIpc) is 2.48. The average molecular weight is 336 g/mol. The molecular formula is C20H26LiO2P. The van der Waals surface area contributed by atoms with Gasteiger partial charge in [-0.15, -0.1) is 0 Å². The summed E-state index contributed by atoms with van der Waals surface area (Å²) in [6.45, 7) is 12.9. The zero-order valence-electron chi connectivity index (χ0n) is 14.8. The van der Waals surface area contributed by atoms with Gasteiger partial charge in [0.15, 0.2) is 5.52 Å². The number of carbonyl (C=O) groups excluding carboxylic acids is 1. The standard InChI is InChI=1S/C20H25O2P.Li.H/c1-7-22-17-8-9-18(13(3)11-17)23-20(21)19-14(4)10-12(2)15(5)16(19)6;;/h8-11,23H,7H2,1-6H3;;. The van der Waals surface area contributed by atoms with Crippen LogP contribution in [-0.2, 0) is 0 Å². The van der Waals surface area contributed by atoms with E-state index in [1.165, 1.54) is 11.1 Å². The molecule has 2 aromatic carbocycles. The second kappa shape index (κ2) is 8.86. The van der Waals surface area contributed by atoms with Crippen molar-refractivity contribution in [1.82, 2.24) is 0 Å². The maximum absolute atomic E-state index is 12.9. The van der Waals surface area contributed by atoms with E-state index in [-0.39, 0.29) is 33.0 Å². The van der Waals surface area contributed by atoms with E-state index in [4.69, 9.17) is 4.74 Å². The van der Waals surface area contributed by atoms with E-state index in [9.17, 15) is 4.79 Å². The van der Waals surface area contributed by atoms with Crippen LogP contribution in [0.2, 0.25) is 0 Å². The summed E-state index contributed by atoms with van der Waals surface area (Å²) in [6.07, 6.45) is 0. The van der Waals surface area contributed by atoms with E-state index in [1.807, 2.05) is 39.0 Å². The number of aryl methyl sites for hydroxylation is 3. The summed E-state index contributed by atoms with van der Waals surface area (Å²) < 4.78 is 5.52. The fourth-order valence-corrected chi connectivity index (χ4v) is 4.04. The van der Waals surface area contributed by atoms with Gasteiger partial charge in [0.2, 0.25) is 0 Å². The van der Waals surface area contributed by atoms with Crippen molar-refractivity contribution < 1.29 is 9.53 Å². The molecule has 0 fully saturated rings. The number of hydrogen-bond donors (Lipinski definition) is 0. The van der Waals surface area contributed by atoms with E-state index >= 15 is 0 Å². The Kier molecular flexibility index (Phi) is 7.75. The fourth-order valence-electron chi connectivity index (χ4n) is 2.85. The van der Waals surface area contributed by atoms with Crippen LogP contribution in [0.25, 0.3) is 0 Å². The third kappa shape index (κ3) is 4.51. The summed E-state index contributed by atoms with van der Waals surface area (Å²) in [6, 6.07) is 8.10. The molecule has 0 amide bonds. The number of carbonyl (C=O) groups is 1. The van der Waals surface area contributed by atoms with Crippen molar-refractivity contribution in [2.75, 3.05) is 6.61 Å². The molecule has 0 saturated heterocycles. The summed E-state index contributed by atoms with van der Waals surface area (Å²) in [5.74, 6) is 0.865. The Bertz CT molecular complexity index is 754. The Labute approximate surface area is 159 Å². The summed E-state index contributed by atoms with van der Waals surface area (Å²) in [5.41, 5.74) is 6.87. The topological polar surface area (TPSA) is 26.3 Å². The molecule has 124 valence electrons. The number of ether oxygens (including phenoxy) is 1. The molecule has 2 aromatic rings. The van der Waals surface area contributed by atoms with Crippen molar-refractivity contribution in [3.8, 4) is 5.75 Å². The van der Waals surface area contributed by atoms with Crippen molar-refractivity contribution in [2.45, 2.75) is 41.5 Å². The number of rotatable bonds is 5. The predicted molar refractivity (Wildman–Crippen MR) is 107 cm³/mol. The summed E-state index contributed by atoms with van der Waals surface area (Å²) in [4.78, 5) is 12.9. The number of benzene rings is 2. The molecule has 2 nitrogen and oxygen atoms in total. The molecule has 0 aliphatic carbocycles. The van der Waals surface area contributed by atoms with Gasteiger partial charge in [0.25, 0.3) is 0 Å². The Hall–Kier alpha value is -1.06. The van der Waals surface area contributed by atoms with Gasteiger partial charge in [-0.25, -0.2) is 0 Å². The van der Waals surface area contributed by atoms with Crippen LogP contribution in [0.4, 0.5) is 0 Å². The molecule has 24 heavy (non-hydrogen) atoms. The van der Waals surface area contributed by atoms with Crippen LogP contribution in [0.1, 0.15) is 45.1 Å². The quantitative estimate of drug-likeness (QED) is 0.606. The molecule has 0 N–H and O–H groups in total. The number of hydrogen-bond acceptors (Lipinski definition) is 2. The normalized spacial score (nSPS) is 10.8. The molecule has 4 heteroatoms. The monoisotopic (exact) mass is 336 g/mol. The van der Waals surface area contributed by atoms with Crippen LogP contribution in [0, 0.1) is 34.6 Å². The third-order valence-electron chi connectivity index (χ3n) is 4.34. The zero-order valence-corrected chi connectivity index (χ0v) is 15.8. The summed E-state index contributed by atoms with van der Waals surface area (Å²) in [7, 11) is 0.144. The Morgan fingerprint density at radius 1 is 0.958 bits per heavy atom. The molecular weight excluding hydrogens is 310 g/mol. The van der Waals surface area contributed by atoms with Gasteiger partial charge in [0, 0.05) is 5.56 Å².